The van der Waals surface area contributed by atoms with Crippen molar-refractivity contribution in [2.75, 3.05) is 13.1 Å². The van der Waals surface area contributed by atoms with E-state index < -0.39 is 0 Å². The lowest BCUT2D eigenvalue weighted by molar-refractivity contribution is -0.124. The molecule has 1 fully saturated rings. The molecule has 0 aromatic heterocycles. The fourth-order valence-corrected chi connectivity index (χ4v) is 2.07. The highest BCUT2D eigenvalue weighted by Gasteiger charge is 2.24. The van der Waals surface area contributed by atoms with Gasteiger partial charge in [-0.3, -0.25) is 4.79 Å². The molecule has 14 heavy (non-hydrogen) atoms. The molecule has 0 saturated carbocycles. The summed E-state index contributed by atoms with van der Waals surface area (Å²) >= 11 is 3.44. The Morgan fingerprint density at radius 1 is 1.29 bits per heavy atom. The van der Waals surface area contributed by atoms with Gasteiger partial charge in [-0.25, -0.2) is 0 Å². The smallest absolute Gasteiger partial charge is 0.241 e. The van der Waals surface area contributed by atoms with Gasteiger partial charge in [0.25, 0.3) is 0 Å². The van der Waals surface area contributed by atoms with Crippen molar-refractivity contribution >= 4 is 21.8 Å². The molecule has 74 valence electrons. The Labute approximate surface area is 91.0 Å². The van der Waals surface area contributed by atoms with Crippen molar-refractivity contribution < 1.29 is 4.79 Å². The van der Waals surface area contributed by atoms with Gasteiger partial charge in [-0.2, -0.15) is 0 Å². The van der Waals surface area contributed by atoms with Gasteiger partial charge in [-0.1, -0.05) is 34.1 Å². The molecule has 1 saturated heterocycles. The molecule has 0 radical (unpaired) electrons. The minimum absolute atomic E-state index is 0.0446. The molecule has 4 heteroatoms. The molecule has 1 amide bonds. The van der Waals surface area contributed by atoms with Crippen molar-refractivity contribution in [2.45, 2.75) is 6.04 Å². The number of rotatable bonds is 1. The van der Waals surface area contributed by atoms with Crippen LogP contribution < -0.4 is 10.6 Å². The first kappa shape index (κ1) is 9.68. The van der Waals surface area contributed by atoms with Gasteiger partial charge in [0.2, 0.25) is 5.91 Å². The van der Waals surface area contributed by atoms with Crippen LogP contribution in [0.2, 0.25) is 0 Å². The van der Waals surface area contributed by atoms with Crippen molar-refractivity contribution in [2.24, 2.45) is 0 Å². The van der Waals surface area contributed by atoms with Crippen LogP contribution in [0.1, 0.15) is 11.6 Å². The van der Waals surface area contributed by atoms with Crippen molar-refractivity contribution in [1.82, 2.24) is 10.6 Å². The summed E-state index contributed by atoms with van der Waals surface area (Å²) in [6.07, 6.45) is 0. The maximum absolute atomic E-state index is 11.6. The predicted molar refractivity (Wildman–Crippen MR) is 57.9 cm³/mol. The van der Waals surface area contributed by atoms with Crippen molar-refractivity contribution in [1.29, 1.82) is 0 Å². The molecule has 1 aromatic rings. The summed E-state index contributed by atoms with van der Waals surface area (Å²) in [6.45, 7) is 1.53. The Hall–Kier alpha value is -0.870. The summed E-state index contributed by atoms with van der Waals surface area (Å²) in [4.78, 5) is 11.6. The average molecular weight is 255 g/mol. The van der Waals surface area contributed by atoms with Gasteiger partial charge in [-0.15, -0.1) is 0 Å². The Bertz CT molecular complexity index is 354. The summed E-state index contributed by atoms with van der Waals surface area (Å²) in [5.41, 5.74) is 0.990. The van der Waals surface area contributed by atoms with E-state index in [0.717, 1.165) is 16.6 Å². The molecule has 3 nitrogen and oxygen atoms in total. The van der Waals surface area contributed by atoms with Gasteiger partial charge >= 0.3 is 0 Å². The van der Waals surface area contributed by atoms with E-state index in [9.17, 15) is 4.79 Å². The second kappa shape index (κ2) is 4.11. The molecule has 0 spiro atoms. The van der Waals surface area contributed by atoms with E-state index in [0.29, 0.717) is 6.54 Å². The molecule has 2 N–H and O–H groups in total. The number of nitrogens with one attached hydrogen (secondary N) is 2. The molecular weight excluding hydrogens is 244 g/mol. The number of hydrogen-bond acceptors (Lipinski definition) is 2. The molecule has 1 unspecified atom stereocenters. The van der Waals surface area contributed by atoms with Crippen LogP contribution in [0.25, 0.3) is 0 Å². The van der Waals surface area contributed by atoms with E-state index in [1.165, 1.54) is 0 Å². The van der Waals surface area contributed by atoms with Crippen molar-refractivity contribution in [3.8, 4) is 0 Å². The zero-order chi connectivity index (χ0) is 9.97. The summed E-state index contributed by atoms with van der Waals surface area (Å²) in [7, 11) is 0. The van der Waals surface area contributed by atoms with Gasteiger partial charge in [0.15, 0.2) is 0 Å². The lowest BCUT2D eigenvalue weighted by Gasteiger charge is -2.24. The zero-order valence-electron chi connectivity index (χ0n) is 7.59. The number of piperazine rings is 1. The van der Waals surface area contributed by atoms with Crippen LogP contribution >= 0.6 is 15.9 Å². The van der Waals surface area contributed by atoms with Crippen LogP contribution in [0.5, 0.6) is 0 Å². The molecule has 1 aromatic carbocycles. The van der Waals surface area contributed by atoms with E-state index in [1.54, 1.807) is 0 Å². The van der Waals surface area contributed by atoms with Crippen molar-refractivity contribution in [3.05, 3.63) is 34.3 Å². The first-order chi connectivity index (χ1) is 6.79. The summed E-state index contributed by atoms with van der Waals surface area (Å²) in [6, 6.07) is 7.54. The van der Waals surface area contributed by atoms with Crippen LogP contribution in [-0.4, -0.2) is 19.0 Å². The number of benzene rings is 1. The molecule has 0 aliphatic carbocycles. The monoisotopic (exact) mass is 254 g/mol. The van der Waals surface area contributed by atoms with Crippen LogP contribution in [0.3, 0.4) is 0 Å². The fraction of sp³-hybridized carbons (Fsp3) is 0.300. The minimum atomic E-state index is -0.223. The Balaban J connectivity index is 2.29. The van der Waals surface area contributed by atoms with Gasteiger partial charge in [0.1, 0.15) is 6.04 Å². The Morgan fingerprint density at radius 3 is 2.79 bits per heavy atom. The normalized spacial score (nSPS) is 21.8. The number of amides is 1. The Morgan fingerprint density at radius 2 is 2.07 bits per heavy atom. The lowest BCUT2D eigenvalue weighted by Crippen LogP contribution is -2.47. The van der Waals surface area contributed by atoms with E-state index in [1.807, 2.05) is 24.3 Å². The second-order valence-electron chi connectivity index (χ2n) is 3.20. The highest BCUT2D eigenvalue weighted by molar-refractivity contribution is 9.10. The third kappa shape index (κ3) is 1.81. The van der Waals surface area contributed by atoms with Crippen LogP contribution in [-0.2, 0) is 4.79 Å². The van der Waals surface area contributed by atoms with Gasteiger partial charge < -0.3 is 10.6 Å². The van der Waals surface area contributed by atoms with E-state index in [4.69, 9.17) is 0 Å². The maximum atomic E-state index is 11.6. The van der Waals surface area contributed by atoms with E-state index >= 15 is 0 Å². The standard InChI is InChI=1S/C10H11BrN2O/c11-8-4-2-1-3-7(8)9-10(14)13-6-5-12-9/h1-4,9,12H,5-6H2,(H,13,14). The van der Waals surface area contributed by atoms with Gasteiger partial charge in [0, 0.05) is 17.6 Å². The van der Waals surface area contributed by atoms with Crippen molar-refractivity contribution in [3.63, 3.8) is 0 Å². The lowest BCUT2D eigenvalue weighted by atomic mass is 10.1. The minimum Gasteiger partial charge on any atom is -0.353 e. The summed E-state index contributed by atoms with van der Waals surface area (Å²) < 4.78 is 0.967. The van der Waals surface area contributed by atoms with Crippen LogP contribution in [0, 0.1) is 0 Å². The summed E-state index contributed by atoms with van der Waals surface area (Å²) in [5, 5.41) is 6.02. The number of halogens is 1. The number of carbonyl (C=O) groups excluding carboxylic acids is 1. The Kier molecular flexibility index (Phi) is 2.84. The van der Waals surface area contributed by atoms with E-state index in [2.05, 4.69) is 26.6 Å². The van der Waals surface area contributed by atoms with Gasteiger partial charge in [0.05, 0.1) is 0 Å². The van der Waals surface area contributed by atoms with Crippen LogP contribution in [0.4, 0.5) is 0 Å². The predicted octanol–water partition coefficient (Wildman–Crippen LogP) is 1.21. The zero-order valence-corrected chi connectivity index (χ0v) is 9.17. The highest BCUT2D eigenvalue weighted by atomic mass is 79.9. The molecule has 1 atom stereocenters. The average Bonchev–Trinajstić information content (AvgIpc) is 2.20. The first-order valence-corrected chi connectivity index (χ1v) is 5.34. The topological polar surface area (TPSA) is 41.1 Å². The molecule has 1 heterocycles. The largest absolute Gasteiger partial charge is 0.353 e. The van der Waals surface area contributed by atoms with Crippen LogP contribution in [0.15, 0.2) is 28.7 Å². The fourth-order valence-electron chi connectivity index (χ4n) is 1.56. The molecule has 1 aliphatic rings. The molecule has 2 rings (SSSR count). The third-order valence-electron chi connectivity index (χ3n) is 2.25. The van der Waals surface area contributed by atoms with Gasteiger partial charge in [-0.05, 0) is 11.6 Å². The van der Waals surface area contributed by atoms with E-state index in [-0.39, 0.29) is 11.9 Å². The number of hydrogen-bond donors (Lipinski definition) is 2. The molecule has 0 bridgehead atoms. The number of carbonyl (C=O) groups is 1. The molecule has 1 aliphatic heterocycles. The quantitative estimate of drug-likeness (QED) is 0.792. The summed E-state index contributed by atoms with van der Waals surface area (Å²) in [5.74, 6) is 0.0446. The molecular formula is C10H11BrN2O. The highest BCUT2D eigenvalue weighted by Crippen LogP contribution is 2.23. The third-order valence-corrected chi connectivity index (χ3v) is 2.97. The SMILES string of the molecule is O=C1NCCNC1c1ccccc1Br. The maximum Gasteiger partial charge on any atom is 0.241 e. The first-order valence-electron chi connectivity index (χ1n) is 4.54. The second-order valence-corrected chi connectivity index (χ2v) is 4.05.